The van der Waals surface area contributed by atoms with Crippen molar-refractivity contribution in [3.05, 3.63) is 42.5 Å². The molecule has 1 aromatic rings. The summed E-state index contributed by atoms with van der Waals surface area (Å²) in [7, 11) is 1.50. The normalized spacial score (nSPS) is 11.0. The first-order valence-electron chi connectivity index (χ1n) is 5.87. The fourth-order valence-corrected chi connectivity index (χ4v) is 1.54. The molecule has 0 aliphatic heterocycles. The maximum absolute atomic E-state index is 12.0. The van der Waals surface area contributed by atoms with Gasteiger partial charge in [-0.3, -0.25) is 4.90 Å². The molecule has 0 saturated carbocycles. The van der Waals surface area contributed by atoms with Crippen molar-refractivity contribution in [2.45, 2.75) is 12.5 Å². The molecular formula is C14H15N3O3. The number of nitrogens with zero attached hydrogens (tertiary/aromatic N) is 2. The van der Waals surface area contributed by atoms with Crippen LogP contribution >= 0.6 is 0 Å². The topological polar surface area (TPSA) is 93.4 Å². The summed E-state index contributed by atoms with van der Waals surface area (Å²) >= 11 is 0. The Morgan fingerprint density at radius 2 is 2.30 bits per heavy atom. The van der Waals surface area contributed by atoms with E-state index in [9.17, 15) is 9.59 Å². The van der Waals surface area contributed by atoms with Gasteiger partial charge in [0.1, 0.15) is 6.04 Å². The standard InChI is InChI=1S/C14H15N3O3/c1-3-5-12(13(18)19)16-14(20)17(2)11-7-4-6-10(8-11)9-15/h3-4,6-8,12H,1,5H2,2H3,(H,16,20)(H,18,19). The van der Waals surface area contributed by atoms with Crippen LogP contribution in [0, 0.1) is 11.3 Å². The molecular weight excluding hydrogens is 258 g/mol. The summed E-state index contributed by atoms with van der Waals surface area (Å²) in [5, 5.41) is 20.2. The van der Waals surface area contributed by atoms with Crippen LogP contribution in [-0.2, 0) is 4.79 Å². The van der Waals surface area contributed by atoms with Crippen molar-refractivity contribution < 1.29 is 14.7 Å². The van der Waals surface area contributed by atoms with E-state index in [1.807, 2.05) is 6.07 Å². The predicted octanol–water partition coefficient (Wildman–Crippen LogP) is 1.73. The number of nitriles is 1. The van der Waals surface area contributed by atoms with E-state index in [4.69, 9.17) is 10.4 Å². The van der Waals surface area contributed by atoms with Crippen LogP contribution in [0.4, 0.5) is 10.5 Å². The minimum absolute atomic E-state index is 0.132. The second kappa shape index (κ2) is 6.95. The zero-order valence-corrected chi connectivity index (χ0v) is 11.0. The highest BCUT2D eigenvalue weighted by molar-refractivity contribution is 5.94. The number of hydrogen-bond acceptors (Lipinski definition) is 3. The van der Waals surface area contributed by atoms with Crippen molar-refractivity contribution in [1.29, 1.82) is 5.26 Å². The Kier molecular flexibility index (Phi) is 5.30. The smallest absolute Gasteiger partial charge is 0.326 e. The summed E-state index contributed by atoms with van der Waals surface area (Å²) < 4.78 is 0. The van der Waals surface area contributed by atoms with Crippen LogP contribution < -0.4 is 10.2 Å². The maximum atomic E-state index is 12.0. The number of carboxylic acid groups (broad SMARTS) is 1. The summed E-state index contributed by atoms with van der Waals surface area (Å²) in [4.78, 5) is 24.2. The highest BCUT2D eigenvalue weighted by Gasteiger charge is 2.21. The van der Waals surface area contributed by atoms with Crippen LogP contribution in [0.5, 0.6) is 0 Å². The van der Waals surface area contributed by atoms with E-state index in [1.165, 1.54) is 18.0 Å². The number of carbonyl (C=O) groups is 2. The molecule has 1 unspecified atom stereocenters. The lowest BCUT2D eigenvalue weighted by Crippen LogP contribution is -2.46. The van der Waals surface area contributed by atoms with Gasteiger partial charge in [-0.2, -0.15) is 5.26 Å². The van der Waals surface area contributed by atoms with Gasteiger partial charge in [0.05, 0.1) is 11.6 Å². The van der Waals surface area contributed by atoms with Crippen molar-refractivity contribution >= 4 is 17.7 Å². The van der Waals surface area contributed by atoms with E-state index in [-0.39, 0.29) is 6.42 Å². The number of anilines is 1. The fraction of sp³-hybridized carbons (Fsp3) is 0.214. The number of hydrogen-bond donors (Lipinski definition) is 2. The first kappa shape index (κ1) is 15.2. The first-order valence-corrected chi connectivity index (χ1v) is 5.87. The van der Waals surface area contributed by atoms with Crippen LogP contribution in [0.25, 0.3) is 0 Å². The average Bonchev–Trinajstić information content (AvgIpc) is 2.45. The number of aliphatic carboxylic acids is 1. The van der Waals surface area contributed by atoms with Crippen molar-refractivity contribution in [2.75, 3.05) is 11.9 Å². The molecule has 0 bridgehead atoms. The summed E-state index contributed by atoms with van der Waals surface area (Å²) in [6.07, 6.45) is 1.56. The van der Waals surface area contributed by atoms with Gasteiger partial charge in [-0.1, -0.05) is 12.1 Å². The van der Waals surface area contributed by atoms with Crippen LogP contribution in [-0.4, -0.2) is 30.2 Å². The maximum Gasteiger partial charge on any atom is 0.326 e. The molecule has 0 aliphatic carbocycles. The second-order valence-corrected chi connectivity index (χ2v) is 4.09. The third-order valence-corrected chi connectivity index (χ3v) is 2.67. The Labute approximate surface area is 116 Å². The van der Waals surface area contributed by atoms with Crippen LogP contribution in [0.2, 0.25) is 0 Å². The minimum Gasteiger partial charge on any atom is -0.480 e. The van der Waals surface area contributed by atoms with Gasteiger partial charge in [0.25, 0.3) is 0 Å². The van der Waals surface area contributed by atoms with Crippen LogP contribution in [0.1, 0.15) is 12.0 Å². The number of rotatable bonds is 5. The molecule has 20 heavy (non-hydrogen) atoms. The summed E-state index contributed by atoms with van der Waals surface area (Å²) in [6.45, 7) is 3.45. The van der Waals surface area contributed by atoms with E-state index in [0.717, 1.165) is 0 Å². The summed E-state index contributed by atoms with van der Waals surface area (Å²) in [5.41, 5.74) is 0.923. The molecule has 0 radical (unpaired) electrons. The van der Waals surface area contributed by atoms with Gasteiger partial charge < -0.3 is 10.4 Å². The number of nitrogens with one attached hydrogen (secondary N) is 1. The molecule has 0 aromatic heterocycles. The molecule has 0 spiro atoms. The molecule has 0 saturated heterocycles. The lowest BCUT2D eigenvalue weighted by atomic mass is 10.2. The van der Waals surface area contributed by atoms with Crippen molar-refractivity contribution in [2.24, 2.45) is 0 Å². The molecule has 1 atom stereocenters. The quantitative estimate of drug-likeness (QED) is 0.799. The summed E-state index contributed by atoms with van der Waals surface area (Å²) in [5.74, 6) is -1.13. The van der Waals surface area contributed by atoms with Gasteiger partial charge in [-0.05, 0) is 24.6 Å². The molecule has 0 fully saturated rings. The van der Waals surface area contributed by atoms with E-state index >= 15 is 0 Å². The highest BCUT2D eigenvalue weighted by atomic mass is 16.4. The zero-order chi connectivity index (χ0) is 15.1. The Balaban J connectivity index is 2.82. The number of carboxylic acids is 1. The molecule has 1 aromatic carbocycles. The number of amides is 2. The van der Waals surface area contributed by atoms with Gasteiger partial charge in [0.15, 0.2) is 0 Å². The van der Waals surface area contributed by atoms with Gasteiger partial charge >= 0.3 is 12.0 Å². The van der Waals surface area contributed by atoms with Crippen molar-refractivity contribution in [3.63, 3.8) is 0 Å². The Morgan fingerprint density at radius 1 is 1.60 bits per heavy atom. The van der Waals surface area contributed by atoms with Gasteiger partial charge in [0.2, 0.25) is 0 Å². The molecule has 6 nitrogen and oxygen atoms in total. The number of carbonyl (C=O) groups excluding carboxylic acids is 1. The largest absolute Gasteiger partial charge is 0.480 e. The average molecular weight is 273 g/mol. The lowest BCUT2D eigenvalue weighted by Gasteiger charge is -2.21. The third-order valence-electron chi connectivity index (χ3n) is 2.67. The number of urea groups is 1. The molecule has 1 rings (SSSR count). The Morgan fingerprint density at radius 3 is 2.85 bits per heavy atom. The molecule has 0 aliphatic rings. The Hall–Kier alpha value is -2.81. The molecule has 0 heterocycles. The van der Waals surface area contributed by atoms with E-state index < -0.39 is 18.0 Å². The van der Waals surface area contributed by atoms with Gasteiger partial charge in [-0.15, -0.1) is 6.58 Å². The lowest BCUT2D eigenvalue weighted by molar-refractivity contribution is -0.139. The SMILES string of the molecule is C=CCC(NC(=O)N(C)c1cccc(C#N)c1)C(=O)O. The molecule has 6 heteroatoms. The highest BCUT2D eigenvalue weighted by Crippen LogP contribution is 2.14. The van der Waals surface area contributed by atoms with E-state index in [1.54, 1.807) is 24.3 Å². The fourth-order valence-electron chi connectivity index (χ4n) is 1.54. The second-order valence-electron chi connectivity index (χ2n) is 4.09. The zero-order valence-electron chi connectivity index (χ0n) is 11.0. The van der Waals surface area contributed by atoms with Crippen LogP contribution in [0.15, 0.2) is 36.9 Å². The number of benzene rings is 1. The predicted molar refractivity (Wildman–Crippen MR) is 74.3 cm³/mol. The monoisotopic (exact) mass is 273 g/mol. The summed E-state index contributed by atoms with van der Waals surface area (Å²) in [6, 6.07) is 6.86. The molecule has 2 N–H and O–H groups in total. The van der Waals surface area contributed by atoms with Crippen molar-refractivity contribution in [3.8, 4) is 6.07 Å². The van der Waals surface area contributed by atoms with Gasteiger partial charge in [-0.25, -0.2) is 9.59 Å². The Bertz CT molecular complexity index is 563. The first-order chi connectivity index (χ1) is 9.49. The van der Waals surface area contributed by atoms with Crippen molar-refractivity contribution in [1.82, 2.24) is 5.32 Å². The third kappa shape index (κ3) is 3.85. The van der Waals surface area contributed by atoms with Crippen LogP contribution in [0.3, 0.4) is 0 Å². The van der Waals surface area contributed by atoms with E-state index in [0.29, 0.717) is 11.3 Å². The minimum atomic E-state index is -1.13. The molecule has 2 amide bonds. The van der Waals surface area contributed by atoms with Gasteiger partial charge in [0, 0.05) is 12.7 Å². The van der Waals surface area contributed by atoms with E-state index in [2.05, 4.69) is 11.9 Å². The molecule has 104 valence electrons.